The number of hydrogen-bond donors (Lipinski definition) is 2. The molecule has 0 radical (unpaired) electrons. The van der Waals surface area contributed by atoms with Crippen LogP contribution >= 0.6 is 0 Å². The van der Waals surface area contributed by atoms with Gasteiger partial charge in [0, 0.05) is 49.5 Å². The van der Waals surface area contributed by atoms with Crippen molar-refractivity contribution in [3.05, 3.63) is 254 Å². The smallest absolute Gasteiger partial charge is 0.154 e. The number of nitrogens with zero attached hydrogens (tertiary/aromatic N) is 4. The summed E-state index contributed by atoms with van der Waals surface area (Å²) in [5.41, 5.74) is 18.8. The molecule has 0 saturated carbocycles. The van der Waals surface area contributed by atoms with Gasteiger partial charge in [-0.05, 0) is 70.8 Å². The van der Waals surface area contributed by atoms with Crippen LogP contribution in [0.5, 0.6) is 0 Å². The number of aliphatic imine (C=N–C) groups is 1. The van der Waals surface area contributed by atoms with Gasteiger partial charge in [0.2, 0.25) is 0 Å². The van der Waals surface area contributed by atoms with Gasteiger partial charge in [0.1, 0.15) is 0 Å². The lowest BCUT2D eigenvalue weighted by Crippen LogP contribution is -2.25. The molecule has 0 amide bonds. The minimum absolute atomic E-state index is 0.122. The van der Waals surface area contributed by atoms with Gasteiger partial charge in [-0.15, -0.1) is 0 Å². The number of amidine groups is 2. The summed E-state index contributed by atoms with van der Waals surface area (Å²) in [6, 6.07) is 84.0. The van der Waals surface area contributed by atoms with E-state index < -0.39 is 0 Å². The largest absolute Gasteiger partial charge is 0.309 e. The Bertz CT molecular complexity index is 3770. The van der Waals surface area contributed by atoms with Crippen molar-refractivity contribution < 1.29 is 0 Å². The van der Waals surface area contributed by atoms with Crippen LogP contribution in [0.25, 0.3) is 94.1 Å². The molecule has 6 heteroatoms. The van der Waals surface area contributed by atoms with Gasteiger partial charge in [-0.3, -0.25) is 15.5 Å². The molecule has 12 aromatic rings. The van der Waals surface area contributed by atoms with E-state index in [-0.39, 0.29) is 5.84 Å². The summed E-state index contributed by atoms with van der Waals surface area (Å²) in [5, 5.41) is 14.2. The van der Waals surface area contributed by atoms with Crippen LogP contribution in [0.2, 0.25) is 0 Å². The van der Waals surface area contributed by atoms with Gasteiger partial charge in [0.25, 0.3) is 0 Å². The highest BCUT2D eigenvalue weighted by atomic mass is 15.4. The standard InChI is InChI=1S/C61H42N6/c62-60(47-29-17-28-46(37-47)54-40-48(42-21-7-2-8-22-42)39-53(63-54)43-23-9-3-10-24-43)64-61(44-25-11-4-12-26-44)65-67-56-34-16-14-32-52(56)58-57(67)36-35-51-50-31-13-15-33-55(50)66(59(51)58)49-30-18-27-45(38-49)41-19-5-1-6-20-41/h1-40H,(H2,62,64,65). The fourth-order valence-electron chi connectivity index (χ4n) is 9.44. The molecule has 9 aromatic carbocycles. The van der Waals surface area contributed by atoms with Crippen molar-refractivity contribution in [1.82, 2.24) is 14.2 Å². The van der Waals surface area contributed by atoms with E-state index in [4.69, 9.17) is 9.98 Å². The summed E-state index contributed by atoms with van der Waals surface area (Å²) in [7, 11) is 0. The average Bonchev–Trinajstić information content (AvgIpc) is 3.92. The summed E-state index contributed by atoms with van der Waals surface area (Å²) in [6.07, 6.45) is 0. The topological polar surface area (TPSA) is 71.0 Å². The highest BCUT2D eigenvalue weighted by Gasteiger charge is 2.22. The molecular weight excluding hydrogens is 817 g/mol. The first-order chi connectivity index (χ1) is 33.1. The Kier molecular flexibility index (Phi) is 9.88. The predicted octanol–water partition coefficient (Wildman–Crippen LogP) is 15.0. The molecular formula is C61H42N6. The van der Waals surface area contributed by atoms with E-state index in [2.05, 4.69) is 185 Å². The Morgan fingerprint density at radius 2 is 0.955 bits per heavy atom. The van der Waals surface area contributed by atoms with Gasteiger partial charge in [0.05, 0.1) is 33.5 Å². The Balaban J connectivity index is 0.994. The third kappa shape index (κ3) is 7.23. The number of rotatable bonds is 8. The van der Waals surface area contributed by atoms with Gasteiger partial charge in [0.15, 0.2) is 11.7 Å². The normalized spacial score (nSPS) is 11.7. The van der Waals surface area contributed by atoms with Crippen LogP contribution in [0, 0.1) is 5.41 Å². The molecule has 0 aliphatic heterocycles. The fourth-order valence-corrected chi connectivity index (χ4v) is 9.44. The Hall–Kier alpha value is -9.13. The first-order valence-electron chi connectivity index (χ1n) is 22.5. The highest BCUT2D eigenvalue weighted by Crippen LogP contribution is 2.41. The highest BCUT2D eigenvalue weighted by molar-refractivity contribution is 6.26. The van der Waals surface area contributed by atoms with Crippen LogP contribution in [0.4, 0.5) is 0 Å². The van der Waals surface area contributed by atoms with Crippen molar-refractivity contribution in [3.63, 3.8) is 0 Å². The van der Waals surface area contributed by atoms with Crippen molar-refractivity contribution in [1.29, 1.82) is 5.41 Å². The number of fused-ring (bicyclic) bond motifs is 7. The third-order valence-corrected chi connectivity index (χ3v) is 12.6. The van der Waals surface area contributed by atoms with Crippen molar-refractivity contribution >= 4 is 55.3 Å². The summed E-state index contributed by atoms with van der Waals surface area (Å²) < 4.78 is 4.55. The molecule has 3 heterocycles. The molecule has 6 nitrogen and oxygen atoms in total. The molecule has 316 valence electrons. The van der Waals surface area contributed by atoms with Crippen molar-refractivity contribution in [2.45, 2.75) is 0 Å². The third-order valence-electron chi connectivity index (χ3n) is 12.6. The van der Waals surface area contributed by atoms with E-state index >= 15 is 0 Å². The van der Waals surface area contributed by atoms with Crippen LogP contribution in [-0.4, -0.2) is 25.9 Å². The Morgan fingerprint density at radius 1 is 0.403 bits per heavy atom. The van der Waals surface area contributed by atoms with Crippen LogP contribution in [0.3, 0.4) is 0 Å². The van der Waals surface area contributed by atoms with E-state index in [9.17, 15) is 5.41 Å². The molecule has 0 fully saturated rings. The molecule has 0 aliphatic rings. The van der Waals surface area contributed by atoms with Crippen molar-refractivity contribution in [3.8, 4) is 50.5 Å². The van der Waals surface area contributed by atoms with E-state index in [0.29, 0.717) is 11.4 Å². The van der Waals surface area contributed by atoms with Gasteiger partial charge in [-0.1, -0.05) is 194 Å². The second-order valence-electron chi connectivity index (χ2n) is 16.7. The quantitative estimate of drug-likeness (QED) is 0.118. The van der Waals surface area contributed by atoms with E-state index in [1.165, 1.54) is 16.3 Å². The molecule has 12 rings (SSSR count). The van der Waals surface area contributed by atoms with Gasteiger partial charge in [-0.25, -0.2) is 9.98 Å². The molecule has 3 aromatic heterocycles. The molecule has 67 heavy (non-hydrogen) atoms. The van der Waals surface area contributed by atoms with E-state index in [1.54, 1.807) is 0 Å². The Morgan fingerprint density at radius 3 is 1.69 bits per heavy atom. The van der Waals surface area contributed by atoms with Gasteiger partial charge >= 0.3 is 0 Å². The lowest BCUT2D eigenvalue weighted by molar-refractivity contribution is 1.08. The summed E-state index contributed by atoms with van der Waals surface area (Å²) in [5.74, 6) is 0.669. The molecule has 0 spiro atoms. The summed E-state index contributed by atoms with van der Waals surface area (Å²) >= 11 is 0. The molecule has 0 unspecified atom stereocenters. The molecule has 0 atom stereocenters. The van der Waals surface area contributed by atoms with Crippen molar-refractivity contribution in [2.75, 3.05) is 5.43 Å². The zero-order valence-corrected chi connectivity index (χ0v) is 36.4. The van der Waals surface area contributed by atoms with Crippen LogP contribution in [0.15, 0.2) is 248 Å². The summed E-state index contributed by atoms with van der Waals surface area (Å²) in [6.45, 7) is 0. The first-order valence-corrected chi connectivity index (χ1v) is 22.5. The average molecular weight is 859 g/mol. The molecule has 0 bridgehead atoms. The number of pyridine rings is 1. The molecule has 0 saturated heterocycles. The SMILES string of the molecule is N=C(/N=C(\Nn1c2ccccc2c2c1ccc1c3ccccc3n(-c3cccc(-c4ccccc4)c3)c12)c1ccccc1)c1cccc(-c2cc(-c3ccccc3)cc(-c3ccccc3)n2)c1. The van der Waals surface area contributed by atoms with Gasteiger partial charge < -0.3 is 4.57 Å². The van der Waals surface area contributed by atoms with Gasteiger partial charge in [-0.2, -0.15) is 0 Å². The monoisotopic (exact) mass is 858 g/mol. The minimum Gasteiger partial charge on any atom is -0.309 e. The minimum atomic E-state index is 0.122. The lowest BCUT2D eigenvalue weighted by Gasteiger charge is -2.15. The number of para-hydroxylation sites is 2. The second kappa shape index (κ2) is 16.8. The number of hydrogen-bond acceptors (Lipinski definition) is 2. The summed E-state index contributed by atoms with van der Waals surface area (Å²) in [4.78, 5) is 10.3. The van der Waals surface area contributed by atoms with E-state index in [1.807, 2.05) is 72.8 Å². The molecule has 2 N–H and O–H groups in total. The van der Waals surface area contributed by atoms with E-state index in [0.717, 1.165) is 83.3 Å². The number of benzene rings is 9. The maximum absolute atomic E-state index is 9.59. The second-order valence-corrected chi connectivity index (χ2v) is 16.7. The zero-order valence-electron chi connectivity index (χ0n) is 36.4. The van der Waals surface area contributed by atoms with Crippen LogP contribution in [0.1, 0.15) is 11.1 Å². The van der Waals surface area contributed by atoms with Crippen LogP contribution in [-0.2, 0) is 0 Å². The van der Waals surface area contributed by atoms with Crippen molar-refractivity contribution in [2.24, 2.45) is 4.99 Å². The number of aromatic nitrogens is 3. The predicted molar refractivity (Wildman–Crippen MR) is 279 cm³/mol. The maximum atomic E-state index is 9.59. The Labute approximate surface area is 387 Å². The maximum Gasteiger partial charge on any atom is 0.154 e. The fraction of sp³-hybridized carbons (Fsp3) is 0. The van der Waals surface area contributed by atoms with Crippen LogP contribution < -0.4 is 5.43 Å². The lowest BCUT2D eigenvalue weighted by atomic mass is 9.99. The molecule has 0 aliphatic carbocycles. The zero-order chi connectivity index (χ0) is 44.7. The number of nitrogens with one attached hydrogen (secondary N) is 2. The first kappa shape index (κ1) is 39.5.